The van der Waals surface area contributed by atoms with Crippen molar-refractivity contribution in [3.8, 4) is 0 Å². The summed E-state index contributed by atoms with van der Waals surface area (Å²) in [6, 6.07) is 9.29. The zero-order chi connectivity index (χ0) is 23.3. The lowest BCUT2D eigenvalue weighted by atomic mass is 9.73. The summed E-state index contributed by atoms with van der Waals surface area (Å²) < 4.78 is 5.49. The van der Waals surface area contributed by atoms with Crippen LogP contribution in [0.5, 0.6) is 0 Å². The molecule has 3 nitrogen and oxygen atoms in total. The Kier molecular flexibility index (Phi) is 12.1. The molecule has 1 aliphatic rings. The van der Waals surface area contributed by atoms with E-state index in [2.05, 4.69) is 44.7 Å². The average Bonchev–Trinajstić information content (AvgIpc) is 2.80. The number of esters is 1. The predicted octanol–water partition coefficient (Wildman–Crippen LogP) is 6.91. The number of hydrogen-bond acceptors (Lipinski definition) is 3. The fourth-order valence-electron chi connectivity index (χ4n) is 4.96. The second-order valence-electron chi connectivity index (χ2n) is 10.2. The van der Waals surface area contributed by atoms with Crippen molar-refractivity contribution in [2.24, 2.45) is 23.7 Å². The summed E-state index contributed by atoms with van der Waals surface area (Å²) in [4.78, 5) is 12.0. The van der Waals surface area contributed by atoms with Gasteiger partial charge < -0.3 is 9.84 Å². The molecular weight excluding hydrogens is 396 g/mol. The van der Waals surface area contributed by atoms with Crippen molar-refractivity contribution in [2.75, 3.05) is 13.2 Å². The number of ether oxygens (including phenoxy) is 1. The highest BCUT2D eigenvalue weighted by Crippen LogP contribution is 2.37. The summed E-state index contributed by atoms with van der Waals surface area (Å²) in [5.74, 6) is 2.10. The summed E-state index contributed by atoms with van der Waals surface area (Å²) in [5, 5.41) is 9.48. The molecule has 0 heterocycles. The van der Waals surface area contributed by atoms with E-state index in [0.29, 0.717) is 30.9 Å². The lowest BCUT2D eigenvalue weighted by molar-refractivity contribution is -0.141. The van der Waals surface area contributed by atoms with Gasteiger partial charge in [0.25, 0.3) is 0 Å². The van der Waals surface area contributed by atoms with E-state index < -0.39 is 0 Å². The minimum absolute atomic E-state index is 0.157. The molecular formula is C29H46O3. The van der Waals surface area contributed by atoms with Crippen LogP contribution in [-0.4, -0.2) is 24.3 Å². The van der Waals surface area contributed by atoms with Crippen LogP contribution in [0.3, 0.4) is 0 Å². The first-order valence-electron chi connectivity index (χ1n) is 13.0. The maximum absolute atomic E-state index is 12.0. The number of aliphatic hydroxyl groups is 1. The Morgan fingerprint density at radius 3 is 2.25 bits per heavy atom. The van der Waals surface area contributed by atoms with Crippen LogP contribution in [0.2, 0.25) is 0 Å². The molecule has 0 spiro atoms. The number of carbonyl (C=O) groups excluding carboxylic acids is 1. The molecule has 0 radical (unpaired) electrons. The monoisotopic (exact) mass is 442 g/mol. The van der Waals surface area contributed by atoms with Crippen molar-refractivity contribution in [3.63, 3.8) is 0 Å². The molecule has 1 fully saturated rings. The molecule has 0 saturated heterocycles. The molecule has 1 unspecified atom stereocenters. The van der Waals surface area contributed by atoms with Crippen LogP contribution in [0.4, 0.5) is 0 Å². The molecule has 1 aromatic rings. The number of benzene rings is 1. The summed E-state index contributed by atoms with van der Waals surface area (Å²) >= 11 is 0. The first-order valence-corrected chi connectivity index (χ1v) is 13.0. The summed E-state index contributed by atoms with van der Waals surface area (Å²) in [5.41, 5.74) is 3.45. The van der Waals surface area contributed by atoms with Gasteiger partial charge in [-0.1, -0.05) is 70.9 Å². The Morgan fingerprint density at radius 2 is 1.69 bits per heavy atom. The molecule has 0 bridgehead atoms. The maximum atomic E-state index is 12.0. The Labute approximate surface area is 196 Å². The fraction of sp³-hybridized carbons (Fsp3) is 0.690. The highest BCUT2D eigenvalue weighted by Gasteiger charge is 2.28. The summed E-state index contributed by atoms with van der Waals surface area (Å²) in [7, 11) is 0. The fourth-order valence-corrected chi connectivity index (χ4v) is 4.96. The molecule has 1 atom stereocenters. The van der Waals surface area contributed by atoms with Gasteiger partial charge in [0.2, 0.25) is 0 Å². The van der Waals surface area contributed by atoms with Gasteiger partial charge in [0.15, 0.2) is 0 Å². The number of carbonyl (C=O) groups is 1. The topological polar surface area (TPSA) is 46.5 Å². The van der Waals surface area contributed by atoms with Crippen molar-refractivity contribution < 1.29 is 14.6 Å². The number of aryl methyl sites for hydroxylation is 2. The summed E-state index contributed by atoms with van der Waals surface area (Å²) in [6.45, 7) is 10.8. The first-order chi connectivity index (χ1) is 15.4. The second kappa shape index (κ2) is 14.5. The molecule has 0 aliphatic heterocycles. The zero-order valence-electron chi connectivity index (χ0n) is 20.8. The van der Waals surface area contributed by atoms with E-state index in [1.807, 2.05) is 6.92 Å². The maximum Gasteiger partial charge on any atom is 0.333 e. The van der Waals surface area contributed by atoms with E-state index in [-0.39, 0.29) is 18.5 Å². The SMILES string of the molecule is C=C(CC)C(=O)OCC(CCO)C1CCC(CCc2ccc(CCCC(C)C)cc2)CC1. The molecule has 0 aromatic heterocycles. The standard InChI is InChI=1S/C29H46O3/c1-5-23(4)29(31)32-21-28(19-20-30)27-17-15-26(16-18-27)14-13-25-11-9-24(10-12-25)8-6-7-22(2)3/h9-12,22,26-28,30H,4-8,13-21H2,1-3H3. The Balaban J connectivity index is 1.72. The largest absolute Gasteiger partial charge is 0.462 e. The average molecular weight is 443 g/mol. The quantitative estimate of drug-likeness (QED) is 0.251. The summed E-state index contributed by atoms with van der Waals surface area (Å²) in [6.07, 6.45) is 12.4. The van der Waals surface area contributed by atoms with E-state index in [1.54, 1.807) is 0 Å². The normalized spacial score (nSPS) is 19.7. The van der Waals surface area contributed by atoms with Crippen molar-refractivity contribution >= 4 is 5.97 Å². The highest BCUT2D eigenvalue weighted by atomic mass is 16.5. The van der Waals surface area contributed by atoms with E-state index >= 15 is 0 Å². The lowest BCUT2D eigenvalue weighted by Gasteiger charge is -2.33. The smallest absolute Gasteiger partial charge is 0.333 e. The second-order valence-corrected chi connectivity index (χ2v) is 10.2. The van der Waals surface area contributed by atoms with Gasteiger partial charge in [-0.05, 0) is 86.2 Å². The molecule has 0 amide bonds. The third kappa shape index (κ3) is 9.48. The molecule has 180 valence electrons. The molecule has 1 saturated carbocycles. The van der Waals surface area contributed by atoms with Crippen LogP contribution in [0.25, 0.3) is 0 Å². The minimum atomic E-state index is -0.282. The minimum Gasteiger partial charge on any atom is -0.462 e. The third-order valence-corrected chi connectivity index (χ3v) is 7.31. The van der Waals surface area contributed by atoms with E-state index in [1.165, 1.54) is 68.9 Å². The molecule has 1 aromatic carbocycles. The van der Waals surface area contributed by atoms with Gasteiger partial charge in [0, 0.05) is 12.2 Å². The first kappa shape index (κ1) is 26.6. The zero-order valence-corrected chi connectivity index (χ0v) is 20.8. The van der Waals surface area contributed by atoms with Crippen LogP contribution < -0.4 is 0 Å². The van der Waals surface area contributed by atoms with Gasteiger partial charge in [-0.25, -0.2) is 4.79 Å². The third-order valence-electron chi connectivity index (χ3n) is 7.31. The Hall–Kier alpha value is -1.61. The molecule has 32 heavy (non-hydrogen) atoms. The number of hydrogen-bond donors (Lipinski definition) is 1. The van der Waals surface area contributed by atoms with E-state index in [4.69, 9.17) is 4.74 Å². The molecule has 2 rings (SSSR count). The van der Waals surface area contributed by atoms with Crippen molar-refractivity contribution in [3.05, 3.63) is 47.5 Å². The van der Waals surface area contributed by atoms with Gasteiger partial charge in [-0.3, -0.25) is 0 Å². The molecule has 1 N–H and O–H groups in total. The van der Waals surface area contributed by atoms with Gasteiger partial charge in [-0.2, -0.15) is 0 Å². The lowest BCUT2D eigenvalue weighted by Crippen LogP contribution is -2.27. The van der Waals surface area contributed by atoms with Crippen LogP contribution in [0.15, 0.2) is 36.4 Å². The molecule has 3 heteroatoms. The number of rotatable bonds is 14. The van der Waals surface area contributed by atoms with Gasteiger partial charge >= 0.3 is 5.97 Å². The van der Waals surface area contributed by atoms with Crippen LogP contribution >= 0.6 is 0 Å². The van der Waals surface area contributed by atoms with Gasteiger partial charge in [0.1, 0.15) is 0 Å². The van der Waals surface area contributed by atoms with E-state index in [9.17, 15) is 9.90 Å². The van der Waals surface area contributed by atoms with Crippen LogP contribution in [0, 0.1) is 23.7 Å². The Morgan fingerprint density at radius 1 is 1.06 bits per heavy atom. The van der Waals surface area contributed by atoms with Crippen LogP contribution in [-0.2, 0) is 22.4 Å². The van der Waals surface area contributed by atoms with Crippen molar-refractivity contribution in [1.82, 2.24) is 0 Å². The van der Waals surface area contributed by atoms with E-state index in [0.717, 1.165) is 11.8 Å². The van der Waals surface area contributed by atoms with Crippen molar-refractivity contribution in [2.45, 2.75) is 91.4 Å². The van der Waals surface area contributed by atoms with Gasteiger partial charge in [0.05, 0.1) is 6.61 Å². The number of aliphatic hydroxyl groups excluding tert-OH is 1. The molecule has 1 aliphatic carbocycles. The highest BCUT2D eigenvalue weighted by molar-refractivity contribution is 5.87. The Bertz CT molecular complexity index is 668. The van der Waals surface area contributed by atoms with Crippen molar-refractivity contribution in [1.29, 1.82) is 0 Å². The van der Waals surface area contributed by atoms with Crippen LogP contribution in [0.1, 0.15) is 89.7 Å². The predicted molar refractivity (Wildman–Crippen MR) is 134 cm³/mol. The van der Waals surface area contributed by atoms with Gasteiger partial charge in [-0.15, -0.1) is 0 Å².